The summed E-state index contributed by atoms with van der Waals surface area (Å²) in [6.07, 6.45) is 1.77. The van der Waals surface area contributed by atoms with Crippen LogP contribution in [0, 0.1) is 13.8 Å². The lowest BCUT2D eigenvalue weighted by Crippen LogP contribution is -2.06. The van der Waals surface area contributed by atoms with Crippen molar-refractivity contribution in [2.75, 3.05) is 5.32 Å². The second kappa shape index (κ2) is 4.35. The molecule has 0 amide bonds. The predicted octanol–water partition coefficient (Wildman–Crippen LogP) is 2.04. The number of hydrogen-bond acceptors (Lipinski definition) is 3. The highest BCUT2D eigenvalue weighted by Gasteiger charge is 2.01. The monoisotopic (exact) mass is 216 g/mol. The van der Waals surface area contributed by atoms with Crippen LogP contribution < -0.4 is 5.32 Å². The zero-order valence-corrected chi connectivity index (χ0v) is 9.86. The molecule has 1 N–H and O–H groups in total. The van der Waals surface area contributed by atoms with Crippen LogP contribution in [0.2, 0.25) is 0 Å². The summed E-state index contributed by atoms with van der Waals surface area (Å²) in [6, 6.07) is 6.38. The molecule has 0 saturated carbocycles. The minimum absolute atomic E-state index is 0.743. The molecule has 0 aliphatic heterocycles. The molecule has 2 aromatic rings. The molecule has 0 aliphatic carbocycles. The average molecular weight is 216 g/mol. The fourth-order valence-corrected chi connectivity index (χ4v) is 1.67. The molecule has 1 heterocycles. The van der Waals surface area contributed by atoms with Gasteiger partial charge in [-0.3, -0.25) is 4.68 Å². The van der Waals surface area contributed by atoms with Crippen molar-refractivity contribution in [2.24, 2.45) is 7.05 Å². The molecular weight excluding hydrogens is 200 g/mol. The SMILES string of the molecule is Cc1ccc(NCc2cnnn2C)c(C)c1. The number of nitrogens with zero attached hydrogens (tertiary/aromatic N) is 3. The quantitative estimate of drug-likeness (QED) is 0.853. The third-order valence-electron chi connectivity index (χ3n) is 2.65. The van der Waals surface area contributed by atoms with Gasteiger partial charge in [-0.25, -0.2) is 0 Å². The molecule has 0 atom stereocenters. The van der Waals surface area contributed by atoms with Crippen LogP contribution >= 0.6 is 0 Å². The number of rotatable bonds is 3. The van der Waals surface area contributed by atoms with Crippen molar-refractivity contribution in [3.05, 3.63) is 41.2 Å². The highest BCUT2D eigenvalue weighted by atomic mass is 15.4. The van der Waals surface area contributed by atoms with Gasteiger partial charge in [0.15, 0.2) is 0 Å². The molecule has 4 nitrogen and oxygen atoms in total. The van der Waals surface area contributed by atoms with E-state index in [2.05, 4.69) is 47.7 Å². The predicted molar refractivity (Wildman–Crippen MR) is 64.2 cm³/mol. The number of nitrogens with one attached hydrogen (secondary N) is 1. The van der Waals surface area contributed by atoms with E-state index in [-0.39, 0.29) is 0 Å². The first-order chi connectivity index (χ1) is 7.66. The Morgan fingerprint density at radius 3 is 2.75 bits per heavy atom. The molecule has 1 aromatic carbocycles. The van der Waals surface area contributed by atoms with Crippen LogP contribution in [0.3, 0.4) is 0 Å². The average Bonchev–Trinajstić information content (AvgIpc) is 2.63. The molecule has 4 heteroatoms. The van der Waals surface area contributed by atoms with Gasteiger partial charge in [-0.15, -0.1) is 5.10 Å². The Hall–Kier alpha value is -1.84. The topological polar surface area (TPSA) is 42.7 Å². The molecule has 2 rings (SSSR count). The van der Waals surface area contributed by atoms with E-state index < -0.39 is 0 Å². The van der Waals surface area contributed by atoms with Gasteiger partial charge in [0.1, 0.15) is 0 Å². The summed E-state index contributed by atoms with van der Waals surface area (Å²) in [7, 11) is 1.89. The Kier molecular flexibility index (Phi) is 2.90. The van der Waals surface area contributed by atoms with Crippen molar-refractivity contribution in [1.29, 1.82) is 0 Å². The Bertz CT molecular complexity index is 488. The van der Waals surface area contributed by atoms with Crippen LogP contribution in [0.1, 0.15) is 16.8 Å². The summed E-state index contributed by atoms with van der Waals surface area (Å²) < 4.78 is 1.77. The molecule has 84 valence electrons. The molecule has 0 radical (unpaired) electrons. The van der Waals surface area contributed by atoms with Crippen molar-refractivity contribution in [2.45, 2.75) is 20.4 Å². The fourth-order valence-electron chi connectivity index (χ4n) is 1.67. The molecule has 0 fully saturated rings. The Morgan fingerprint density at radius 2 is 2.12 bits per heavy atom. The minimum atomic E-state index is 0.743. The summed E-state index contributed by atoms with van der Waals surface area (Å²) in [5.74, 6) is 0. The van der Waals surface area contributed by atoms with Gasteiger partial charge in [-0.2, -0.15) is 0 Å². The highest BCUT2D eigenvalue weighted by molar-refractivity contribution is 5.51. The minimum Gasteiger partial charge on any atom is -0.379 e. The van der Waals surface area contributed by atoms with Crippen LogP contribution in [0.25, 0.3) is 0 Å². The van der Waals surface area contributed by atoms with E-state index in [1.165, 1.54) is 11.1 Å². The normalized spacial score (nSPS) is 10.4. The van der Waals surface area contributed by atoms with Gasteiger partial charge in [0.05, 0.1) is 18.4 Å². The van der Waals surface area contributed by atoms with E-state index in [9.17, 15) is 0 Å². The third kappa shape index (κ3) is 2.21. The maximum Gasteiger partial charge on any atom is 0.0774 e. The molecule has 0 saturated heterocycles. The van der Waals surface area contributed by atoms with E-state index in [0.717, 1.165) is 17.9 Å². The highest BCUT2D eigenvalue weighted by Crippen LogP contribution is 2.16. The van der Waals surface area contributed by atoms with Crippen LogP contribution in [-0.2, 0) is 13.6 Å². The van der Waals surface area contributed by atoms with Crippen LogP contribution in [-0.4, -0.2) is 15.0 Å². The Balaban J connectivity index is 2.08. The molecule has 1 aromatic heterocycles. The molecule has 0 spiro atoms. The second-order valence-electron chi connectivity index (χ2n) is 4.02. The van der Waals surface area contributed by atoms with Crippen molar-refractivity contribution in [3.8, 4) is 0 Å². The van der Waals surface area contributed by atoms with Crippen molar-refractivity contribution < 1.29 is 0 Å². The van der Waals surface area contributed by atoms with E-state index >= 15 is 0 Å². The lowest BCUT2D eigenvalue weighted by atomic mass is 10.1. The zero-order chi connectivity index (χ0) is 11.5. The van der Waals surface area contributed by atoms with E-state index in [1.807, 2.05) is 7.05 Å². The molecule has 0 aliphatic rings. The summed E-state index contributed by atoms with van der Waals surface area (Å²) >= 11 is 0. The Morgan fingerprint density at radius 1 is 1.31 bits per heavy atom. The summed E-state index contributed by atoms with van der Waals surface area (Å²) in [4.78, 5) is 0. The van der Waals surface area contributed by atoms with E-state index in [1.54, 1.807) is 10.9 Å². The maximum absolute atomic E-state index is 3.89. The van der Waals surface area contributed by atoms with Gasteiger partial charge in [-0.1, -0.05) is 22.9 Å². The lowest BCUT2D eigenvalue weighted by molar-refractivity contribution is 0.683. The molecule has 16 heavy (non-hydrogen) atoms. The summed E-state index contributed by atoms with van der Waals surface area (Å²) in [6.45, 7) is 4.95. The smallest absolute Gasteiger partial charge is 0.0774 e. The molecule has 0 bridgehead atoms. The lowest BCUT2D eigenvalue weighted by Gasteiger charge is -2.09. The largest absolute Gasteiger partial charge is 0.379 e. The van der Waals surface area contributed by atoms with Gasteiger partial charge in [0.25, 0.3) is 0 Å². The van der Waals surface area contributed by atoms with Gasteiger partial charge in [0.2, 0.25) is 0 Å². The second-order valence-corrected chi connectivity index (χ2v) is 4.02. The maximum atomic E-state index is 3.89. The standard InChI is InChI=1S/C12H16N4/c1-9-4-5-12(10(2)6-9)13-7-11-8-14-15-16(11)3/h4-6,8,13H,7H2,1-3H3. The van der Waals surface area contributed by atoms with Crippen molar-refractivity contribution in [1.82, 2.24) is 15.0 Å². The number of hydrogen-bond donors (Lipinski definition) is 1. The van der Waals surface area contributed by atoms with Gasteiger partial charge >= 0.3 is 0 Å². The number of anilines is 1. The van der Waals surface area contributed by atoms with Gasteiger partial charge < -0.3 is 5.32 Å². The number of benzene rings is 1. The number of aryl methyl sites for hydroxylation is 3. The fraction of sp³-hybridized carbons (Fsp3) is 0.333. The van der Waals surface area contributed by atoms with Gasteiger partial charge in [0, 0.05) is 12.7 Å². The van der Waals surface area contributed by atoms with Crippen molar-refractivity contribution in [3.63, 3.8) is 0 Å². The van der Waals surface area contributed by atoms with Gasteiger partial charge in [-0.05, 0) is 25.5 Å². The van der Waals surface area contributed by atoms with Crippen LogP contribution in [0.5, 0.6) is 0 Å². The van der Waals surface area contributed by atoms with E-state index in [0.29, 0.717) is 0 Å². The third-order valence-corrected chi connectivity index (χ3v) is 2.65. The molecular formula is C12H16N4. The summed E-state index contributed by atoms with van der Waals surface area (Å²) in [5.41, 5.74) is 4.77. The van der Waals surface area contributed by atoms with Crippen molar-refractivity contribution >= 4 is 5.69 Å². The number of aromatic nitrogens is 3. The summed E-state index contributed by atoms with van der Waals surface area (Å²) in [5, 5.41) is 11.1. The molecule has 0 unspecified atom stereocenters. The first-order valence-corrected chi connectivity index (χ1v) is 5.31. The van der Waals surface area contributed by atoms with Crippen LogP contribution in [0.4, 0.5) is 5.69 Å². The van der Waals surface area contributed by atoms with E-state index in [4.69, 9.17) is 0 Å². The first kappa shape index (κ1) is 10.7. The Labute approximate surface area is 95.3 Å². The first-order valence-electron chi connectivity index (χ1n) is 5.31. The zero-order valence-electron chi connectivity index (χ0n) is 9.86. The van der Waals surface area contributed by atoms with Crippen LogP contribution in [0.15, 0.2) is 24.4 Å².